The molecule has 0 aliphatic carbocycles. The van der Waals surface area contributed by atoms with E-state index in [9.17, 15) is 0 Å². The number of halogens is 2. The van der Waals surface area contributed by atoms with Gasteiger partial charge < -0.3 is 10.1 Å². The summed E-state index contributed by atoms with van der Waals surface area (Å²) >= 11 is 11.9. The number of hydrogen-bond acceptors (Lipinski definition) is 2. The average Bonchev–Trinajstić information content (AvgIpc) is 2.71. The monoisotopic (exact) mass is 259 g/mol. The van der Waals surface area contributed by atoms with Crippen LogP contribution in [-0.4, -0.2) is 26.3 Å². The minimum absolute atomic E-state index is 0.300. The summed E-state index contributed by atoms with van der Waals surface area (Å²) in [5.74, 6) is 0.516. The van der Waals surface area contributed by atoms with Crippen molar-refractivity contribution in [3.8, 4) is 0 Å². The molecule has 2 rings (SSSR count). The predicted octanol–water partition coefficient (Wildman–Crippen LogP) is 2.77. The van der Waals surface area contributed by atoms with Gasteiger partial charge in [0.25, 0.3) is 0 Å². The Labute approximate surface area is 106 Å². The first-order valence-electron chi connectivity index (χ1n) is 5.38. The molecule has 0 spiro atoms. The van der Waals surface area contributed by atoms with Gasteiger partial charge in [-0.2, -0.15) is 0 Å². The van der Waals surface area contributed by atoms with Crippen LogP contribution in [0.1, 0.15) is 5.56 Å². The second-order valence-corrected chi connectivity index (χ2v) is 4.96. The molecule has 88 valence electrons. The van der Waals surface area contributed by atoms with Gasteiger partial charge in [0, 0.05) is 26.1 Å². The Morgan fingerprint density at radius 3 is 2.81 bits per heavy atom. The molecule has 1 N–H and O–H groups in total. The maximum Gasteiger partial charge on any atom is 0.0739 e. The number of methoxy groups -OCH3 is 1. The van der Waals surface area contributed by atoms with E-state index in [-0.39, 0.29) is 0 Å². The highest BCUT2D eigenvalue weighted by atomic mass is 35.5. The van der Waals surface area contributed by atoms with Crippen LogP contribution < -0.4 is 5.32 Å². The summed E-state index contributed by atoms with van der Waals surface area (Å²) in [5, 5.41) is 4.57. The Morgan fingerprint density at radius 1 is 1.31 bits per heavy atom. The molecule has 0 unspecified atom stereocenters. The normalized spacial score (nSPS) is 24.9. The van der Waals surface area contributed by atoms with Crippen molar-refractivity contribution in [3.05, 3.63) is 33.8 Å². The van der Waals surface area contributed by atoms with Gasteiger partial charge in [0.15, 0.2) is 0 Å². The fraction of sp³-hybridized carbons (Fsp3) is 0.500. The molecular formula is C12H15Cl2NO. The van der Waals surface area contributed by atoms with E-state index in [1.54, 1.807) is 7.11 Å². The molecule has 0 amide bonds. The maximum atomic E-state index is 5.99. The minimum Gasteiger partial charge on any atom is -0.380 e. The van der Waals surface area contributed by atoms with Crippen molar-refractivity contribution < 1.29 is 4.74 Å². The third kappa shape index (κ3) is 2.69. The minimum atomic E-state index is 0.300. The first kappa shape index (κ1) is 12.2. The largest absolute Gasteiger partial charge is 0.380 e. The van der Waals surface area contributed by atoms with E-state index in [0.717, 1.165) is 19.5 Å². The van der Waals surface area contributed by atoms with Gasteiger partial charge in [-0.1, -0.05) is 29.3 Å². The third-order valence-corrected chi connectivity index (χ3v) is 3.80. The topological polar surface area (TPSA) is 21.3 Å². The Bertz CT molecular complexity index is 370. The standard InChI is InChI=1S/C12H15Cl2NO/c1-16-12-7-15-6-9(12)4-8-2-3-10(13)11(14)5-8/h2-3,5,9,12,15H,4,6-7H2,1H3/t9-,12-/m1/s1. The zero-order valence-corrected chi connectivity index (χ0v) is 10.7. The third-order valence-electron chi connectivity index (χ3n) is 3.06. The van der Waals surface area contributed by atoms with Crippen molar-refractivity contribution in [2.75, 3.05) is 20.2 Å². The molecule has 1 aromatic rings. The molecular weight excluding hydrogens is 245 g/mol. The summed E-state index contributed by atoms with van der Waals surface area (Å²) in [6.45, 7) is 1.93. The van der Waals surface area contributed by atoms with Crippen molar-refractivity contribution in [2.24, 2.45) is 5.92 Å². The molecule has 0 aromatic heterocycles. The van der Waals surface area contributed by atoms with E-state index in [4.69, 9.17) is 27.9 Å². The average molecular weight is 260 g/mol. The Hall–Kier alpha value is -0.280. The molecule has 1 aliphatic heterocycles. The molecule has 0 radical (unpaired) electrons. The lowest BCUT2D eigenvalue weighted by Gasteiger charge is -2.17. The number of ether oxygens (including phenoxy) is 1. The van der Waals surface area contributed by atoms with Crippen LogP contribution in [0.4, 0.5) is 0 Å². The molecule has 1 saturated heterocycles. The van der Waals surface area contributed by atoms with Gasteiger partial charge in [0.05, 0.1) is 16.1 Å². The van der Waals surface area contributed by atoms with Crippen molar-refractivity contribution in [1.29, 1.82) is 0 Å². The Kier molecular flexibility index (Phi) is 4.09. The summed E-state index contributed by atoms with van der Waals surface area (Å²) in [7, 11) is 1.76. The number of hydrogen-bond donors (Lipinski definition) is 1. The molecule has 0 bridgehead atoms. The first-order valence-corrected chi connectivity index (χ1v) is 6.13. The molecule has 2 nitrogen and oxygen atoms in total. The lowest BCUT2D eigenvalue weighted by Crippen LogP contribution is -2.22. The SMILES string of the molecule is CO[C@@H]1CNC[C@H]1Cc1ccc(Cl)c(Cl)c1. The van der Waals surface area contributed by atoms with Crippen molar-refractivity contribution >= 4 is 23.2 Å². The van der Waals surface area contributed by atoms with Crippen LogP contribution in [0, 0.1) is 5.92 Å². The van der Waals surface area contributed by atoms with E-state index in [1.807, 2.05) is 18.2 Å². The van der Waals surface area contributed by atoms with Crippen LogP contribution in [-0.2, 0) is 11.2 Å². The predicted molar refractivity (Wildman–Crippen MR) is 67.3 cm³/mol. The Morgan fingerprint density at radius 2 is 2.12 bits per heavy atom. The lowest BCUT2D eigenvalue weighted by atomic mass is 9.96. The van der Waals surface area contributed by atoms with E-state index in [0.29, 0.717) is 22.1 Å². The molecule has 1 heterocycles. The zero-order valence-electron chi connectivity index (χ0n) is 9.17. The van der Waals surface area contributed by atoms with Gasteiger partial charge in [0.1, 0.15) is 0 Å². The van der Waals surface area contributed by atoms with E-state index >= 15 is 0 Å². The van der Waals surface area contributed by atoms with Crippen LogP contribution in [0.15, 0.2) is 18.2 Å². The van der Waals surface area contributed by atoms with Crippen molar-refractivity contribution in [2.45, 2.75) is 12.5 Å². The van der Waals surface area contributed by atoms with Gasteiger partial charge in [-0.15, -0.1) is 0 Å². The fourth-order valence-electron chi connectivity index (χ4n) is 2.16. The van der Waals surface area contributed by atoms with Gasteiger partial charge in [-0.05, 0) is 24.1 Å². The fourth-order valence-corrected chi connectivity index (χ4v) is 2.48. The van der Waals surface area contributed by atoms with Crippen molar-refractivity contribution in [1.82, 2.24) is 5.32 Å². The Balaban J connectivity index is 2.05. The smallest absolute Gasteiger partial charge is 0.0739 e. The van der Waals surface area contributed by atoms with Crippen LogP contribution in [0.5, 0.6) is 0 Å². The summed E-state index contributed by atoms with van der Waals surface area (Å²) in [5.41, 5.74) is 1.21. The van der Waals surface area contributed by atoms with Crippen LogP contribution in [0.25, 0.3) is 0 Å². The van der Waals surface area contributed by atoms with Gasteiger partial charge in [-0.3, -0.25) is 0 Å². The summed E-state index contributed by atoms with van der Waals surface area (Å²) in [6.07, 6.45) is 1.28. The van der Waals surface area contributed by atoms with Crippen LogP contribution in [0.3, 0.4) is 0 Å². The summed E-state index contributed by atoms with van der Waals surface area (Å²) < 4.78 is 5.43. The molecule has 16 heavy (non-hydrogen) atoms. The molecule has 1 aromatic carbocycles. The highest BCUT2D eigenvalue weighted by Crippen LogP contribution is 2.25. The molecule has 1 fully saturated rings. The van der Waals surface area contributed by atoms with E-state index < -0.39 is 0 Å². The summed E-state index contributed by atoms with van der Waals surface area (Å²) in [6, 6.07) is 5.82. The second kappa shape index (κ2) is 5.37. The lowest BCUT2D eigenvalue weighted by molar-refractivity contribution is 0.0832. The molecule has 1 aliphatic rings. The van der Waals surface area contributed by atoms with Crippen molar-refractivity contribution in [3.63, 3.8) is 0 Å². The maximum absolute atomic E-state index is 5.99. The highest BCUT2D eigenvalue weighted by molar-refractivity contribution is 6.42. The first-order chi connectivity index (χ1) is 7.70. The quantitative estimate of drug-likeness (QED) is 0.902. The van der Waals surface area contributed by atoms with Gasteiger partial charge in [0.2, 0.25) is 0 Å². The molecule has 2 atom stereocenters. The van der Waals surface area contributed by atoms with Crippen LogP contribution >= 0.6 is 23.2 Å². The van der Waals surface area contributed by atoms with Gasteiger partial charge in [-0.25, -0.2) is 0 Å². The second-order valence-electron chi connectivity index (χ2n) is 4.15. The number of nitrogens with one attached hydrogen (secondary N) is 1. The van der Waals surface area contributed by atoms with E-state index in [2.05, 4.69) is 5.32 Å². The highest BCUT2D eigenvalue weighted by Gasteiger charge is 2.26. The van der Waals surface area contributed by atoms with Crippen LogP contribution in [0.2, 0.25) is 10.0 Å². The molecule has 0 saturated carbocycles. The van der Waals surface area contributed by atoms with E-state index in [1.165, 1.54) is 5.56 Å². The number of benzene rings is 1. The summed E-state index contributed by atoms with van der Waals surface area (Å²) in [4.78, 5) is 0. The number of rotatable bonds is 3. The van der Waals surface area contributed by atoms with Gasteiger partial charge >= 0.3 is 0 Å². The molecule has 4 heteroatoms. The zero-order chi connectivity index (χ0) is 11.5.